The quantitative estimate of drug-likeness (QED) is 0.634. The molecule has 0 radical (unpaired) electrons. The van der Waals surface area contributed by atoms with Crippen LogP contribution in [0.5, 0.6) is 0 Å². The summed E-state index contributed by atoms with van der Waals surface area (Å²) < 4.78 is 39.9. The van der Waals surface area contributed by atoms with Gasteiger partial charge in [0.1, 0.15) is 10.8 Å². The van der Waals surface area contributed by atoms with E-state index in [1.807, 2.05) is 0 Å². The number of rotatable bonds is 6. The van der Waals surface area contributed by atoms with Gasteiger partial charge in [-0.1, -0.05) is 18.3 Å². The molecule has 1 aromatic rings. The number of carbonyl (C=O) groups is 1. The SMILES string of the molecule is CNC(=O)CCNS(=O)(=O)c1cccc(F)c1C(N)=S. The maximum Gasteiger partial charge on any atom is 0.241 e. The Bertz CT molecular complexity index is 632. The Morgan fingerprint density at radius 2 is 2.10 bits per heavy atom. The lowest BCUT2D eigenvalue weighted by Gasteiger charge is -2.11. The molecule has 1 amide bonds. The van der Waals surface area contributed by atoms with E-state index in [2.05, 4.69) is 22.3 Å². The number of hydrogen-bond acceptors (Lipinski definition) is 4. The molecule has 20 heavy (non-hydrogen) atoms. The van der Waals surface area contributed by atoms with Crippen LogP contribution in [0.2, 0.25) is 0 Å². The van der Waals surface area contributed by atoms with Crippen LogP contribution in [0.15, 0.2) is 23.1 Å². The highest BCUT2D eigenvalue weighted by Crippen LogP contribution is 2.18. The van der Waals surface area contributed by atoms with Crippen molar-refractivity contribution in [3.05, 3.63) is 29.6 Å². The number of sulfonamides is 1. The van der Waals surface area contributed by atoms with E-state index in [9.17, 15) is 17.6 Å². The number of nitrogens with one attached hydrogen (secondary N) is 2. The standard InChI is InChI=1S/C11H14FN3O3S2/c1-14-9(16)5-6-15-20(17,18)8-4-2-3-7(12)10(8)11(13)19/h2-4,15H,5-6H2,1H3,(H2,13,19)(H,14,16). The third-order valence-electron chi connectivity index (χ3n) is 2.43. The Morgan fingerprint density at radius 1 is 1.45 bits per heavy atom. The van der Waals surface area contributed by atoms with Gasteiger partial charge in [-0.2, -0.15) is 0 Å². The van der Waals surface area contributed by atoms with Gasteiger partial charge in [-0.3, -0.25) is 4.79 Å². The van der Waals surface area contributed by atoms with Crippen molar-refractivity contribution < 1.29 is 17.6 Å². The van der Waals surface area contributed by atoms with Crippen LogP contribution in [0.25, 0.3) is 0 Å². The Hall–Kier alpha value is -1.58. The van der Waals surface area contributed by atoms with Crippen LogP contribution in [0.1, 0.15) is 12.0 Å². The van der Waals surface area contributed by atoms with Crippen LogP contribution >= 0.6 is 12.2 Å². The van der Waals surface area contributed by atoms with Crippen molar-refractivity contribution in [2.75, 3.05) is 13.6 Å². The van der Waals surface area contributed by atoms with E-state index in [4.69, 9.17) is 5.73 Å². The molecule has 0 bridgehead atoms. The number of nitrogens with two attached hydrogens (primary N) is 1. The predicted molar refractivity (Wildman–Crippen MR) is 76.2 cm³/mol. The van der Waals surface area contributed by atoms with Crippen molar-refractivity contribution in [1.82, 2.24) is 10.0 Å². The van der Waals surface area contributed by atoms with Crippen molar-refractivity contribution in [1.29, 1.82) is 0 Å². The summed E-state index contributed by atoms with van der Waals surface area (Å²) in [4.78, 5) is 10.3. The Labute approximate surface area is 121 Å². The van der Waals surface area contributed by atoms with Crippen LogP contribution in [-0.4, -0.2) is 32.9 Å². The fourth-order valence-electron chi connectivity index (χ4n) is 1.47. The topological polar surface area (TPSA) is 101 Å². The molecule has 0 aliphatic carbocycles. The summed E-state index contributed by atoms with van der Waals surface area (Å²) >= 11 is 4.66. The summed E-state index contributed by atoms with van der Waals surface area (Å²) in [5.41, 5.74) is 5.01. The minimum absolute atomic E-state index is 0.0343. The molecule has 0 aromatic heterocycles. The van der Waals surface area contributed by atoms with Gasteiger partial charge in [0.15, 0.2) is 0 Å². The first kappa shape index (κ1) is 16.5. The number of benzene rings is 1. The van der Waals surface area contributed by atoms with Crippen molar-refractivity contribution in [3.63, 3.8) is 0 Å². The number of carbonyl (C=O) groups excluding carboxylic acids is 1. The van der Waals surface area contributed by atoms with Crippen molar-refractivity contribution in [2.24, 2.45) is 5.73 Å². The second-order valence-electron chi connectivity index (χ2n) is 3.80. The van der Waals surface area contributed by atoms with Crippen LogP contribution in [0, 0.1) is 5.82 Å². The largest absolute Gasteiger partial charge is 0.389 e. The lowest BCUT2D eigenvalue weighted by Crippen LogP contribution is -2.31. The first-order valence-corrected chi connectivity index (χ1v) is 7.47. The van der Waals surface area contributed by atoms with Gasteiger partial charge in [-0.15, -0.1) is 0 Å². The zero-order valence-electron chi connectivity index (χ0n) is 10.6. The summed E-state index contributed by atoms with van der Waals surface area (Å²) in [6.45, 7) is -0.116. The number of halogens is 1. The third kappa shape index (κ3) is 3.95. The van der Waals surface area contributed by atoms with E-state index >= 15 is 0 Å². The van der Waals surface area contributed by atoms with Gasteiger partial charge in [0.05, 0.1) is 10.5 Å². The maximum atomic E-state index is 13.6. The fraction of sp³-hybridized carbons (Fsp3) is 0.273. The van der Waals surface area contributed by atoms with Crippen LogP contribution in [0.3, 0.4) is 0 Å². The van der Waals surface area contributed by atoms with E-state index in [0.29, 0.717) is 0 Å². The van der Waals surface area contributed by atoms with Gasteiger partial charge in [0.25, 0.3) is 0 Å². The summed E-state index contributed by atoms with van der Waals surface area (Å²) in [7, 11) is -2.56. The summed E-state index contributed by atoms with van der Waals surface area (Å²) in [6, 6.07) is 3.50. The van der Waals surface area contributed by atoms with E-state index in [1.165, 1.54) is 19.2 Å². The van der Waals surface area contributed by atoms with Gasteiger partial charge < -0.3 is 11.1 Å². The molecule has 0 fully saturated rings. The molecular weight excluding hydrogens is 305 g/mol. The zero-order valence-corrected chi connectivity index (χ0v) is 12.3. The van der Waals surface area contributed by atoms with Crippen molar-refractivity contribution >= 4 is 33.1 Å². The summed E-state index contributed by atoms with van der Waals surface area (Å²) in [6.07, 6.45) is -0.0343. The molecule has 110 valence electrons. The van der Waals surface area contributed by atoms with E-state index in [-0.39, 0.29) is 34.3 Å². The highest BCUT2D eigenvalue weighted by molar-refractivity contribution is 7.89. The normalized spacial score (nSPS) is 11.1. The molecule has 0 saturated heterocycles. The molecule has 0 heterocycles. The van der Waals surface area contributed by atoms with Crippen molar-refractivity contribution in [2.45, 2.75) is 11.3 Å². The fourth-order valence-corrected chi connectivity index (χ4v) is 3.00. The molecule has 0 aliphatic heterocycles. The lowest BCUT2D eigenvalue weighted by molar-refractivity contribution is -0.120. The Kier molecular flexibility index (Phi) is 5.54. The van der Waals surface area contributed by atoms with Gasteiger partial charge in [-0.25, -0.2) is 17.5 Å². The zero-order chi connectivity index (χ0) is 15.3. The second kappa shape index (κ2) is 6.73. The second-order valence-corrected chi connectivity index (χ2v) is 5.97. The molecule has 4 N–H and O–H groups in total. The molecule has 0 spiro atoms. The average molecular weight is 319 g/mol. The number of thiocarbonyl (C=S) groups is 1. The molecule has 0 aliphatic rings. The van der Waals surface area contributed by atoms with Gasteiger partial charge in [0.2, 0.25) is 15.9 Å². The van der Waals surface area contributed by atoms with Crippen molar-refractivity contribution in [3.8, 4) is 0 Å². The maximum absolute atomic E-state index is 13.6. The first-order valence-electron chi connectivity index (χ1n) is 5.58. The third-order valence-corrected chi connectivity index (χ3v) is 4.14. The van der Waals surface area contributed by atoms with E-state index < -0.39 is 15.8 Å². The van der Waals surface area contributed by atoms with E-state index in [1.54, 1.807) is 0 Å². The number of amides is 1. The first-order chi connectivity index (χ1) is 9.29. The molecule has 9 heteroatoms. The van der Waals surface area contributed by atoms with Gasteiger partial charge in [0, 0.05) is 20.0 Å². The minimum atomic E-state index is -4.00. The molecule has 0 atom stereocenters. The number of hydrogen-bond donors (Lipinski definition) is 3. The minimum Gasteiger partial charge on any atom is -0.389 e. The highest BCUT2D eigenvalue weighted by atomic mass is 32.2. The van der Waals surface area contributed by atoms with Crippen LogP contribution < -0.4 is 15.8 Å². The molecule has 0 saturated carbocycles. The Morgan fingerprint density at radius 3 is 2.65 bits per heavy atom. The monoisotopic (exact) mass is 319 g/mol. The predicted octanol–water partition coefficient (Wildman–Crippen LogP) is -0.126. The van der Waals surface area contributed by atoms with Gasteiger partial charge >= 0.3 is 0 Å². The lowest BCUT2D eigenvalue weighted by atomic mass is 10.2. The van der Waals surface area contributed by atoms with Crippen LogP contribution in [-0.2, 0) is 14.8 Å². The Balaban J connectivity index is 3.02. The van der Waals surface area contributed by atoms with Gasteiger partial charge in [-0.05, 0) is 12.1 Å². The molecule has 1 aromatic carbocycles. The van der Waals surface area contributed by atoms with Crippen LogP contribution in [0.4, 0.5) is 4.39 Å². The average Bonchev–Trinajstić information content (AvgIpc) is 2.37. The smallest absolute Gasteiger partial charge is 0.241 e. The summed E-state index contributed by atoms with van der Waals surface area (Å²) in [5, 5.41) is 2.36. The molecular formula is C11H14FN3O3S2. The molecule has 0 unspecified atom stereocenters. The molecule has 6 nitrogen and oxygen atoms in total. The molecule has 1 rings (SSSR count). The summed E-state index contributed by atoms with van der Waals surface area (Å²) in [5.74, 6) is -1.13. The van der Waals surface area contributed by atoms with E-state index in [0.717, 1.165) is 6.07 Å². The highest BCUT2D eigenvalue weighted by Gasteiger charge is 2.22.